The predicted octanol–water partition coefficient (Wildman–Crippen LogP) is -6.65. The lowest BCUT2D eigenvalue weighted by molar-refractivity contribution is -0.355. The van der Waals surface area contributed by atoms with Crippen molar-refractivity contribution in [3.05, 3.63) is 0 Å². The number of nitrogens with two attached hydrogens (primary N) is 1. The zero-order valence-corrected chi connectivity index (χ0v) is 38.5. The van der Waals surface area contributed by atoms with E-state index in [0.29, 0.717) is 88.0 Å². The normalized spacial score (nSPS) is 42.4. The average Bonchev–Trinajstić information content (AvgIpc) is 3.30. The van der Waals surface area contributed by atoms with Crippen molar-refractivity contribution in [3.63, 3.8) is 0 Å². The van der Waals surface area contributed by atoms with E-state index in [4.69, 9.17) is 68.1 Å². The van der Waals surface area contributed by atoms with Crippen LogP contribution in [-0.2, 0) is 37.9 Å². The number of rotatable bonds is 14. The quantitative estimate of drug-likeness (QED) is 0.0720. The van der Waals surface area contributed by atoms with Gasteiger partial charge in [-0.2, -0.15) is 0 Å². The lowest BCUT2D eigenvalue weighted by Crippen LogP contribution is -2.64. The molecule has 0 aliphatic carbocycles. The van der Waals surface area contributed by atoms with Crippen LogP contribution in [0, 0.1) is 11.8 Å². The lowest BCUT2D eigenvalue weighted by atomic mass is 9.84. The highest BCUT2D eigenvalue weighted by molar-refractivity contribution is 7.80. The number of nitrogens with zero attached hydrogens (tertiary/aromatic N) is 1. The number of hydrogen-bond donors (Lipinski definition) is 15. The summed E-state index contributed by atoms with van der Waals surface area (Å²) in [6, 6.07) is 0. The van der Waals surface area contributed by atoms with Gasteiger partial charge in [0, 0.05) is 77.4 Å². The number of aliphatic hydroxyl groups excluding tert-OH is 10. The van der Waals surface area contributed by atoms with Crippen molar-refractivity contribution in [2.75, 3.05) is 78.8 Å². The van der Waals surface area contributed by atoms with Crippen LogP contribution >= 0.6 is 24.4 Å². The Labute approximate surface area is 394 Å². The average molecular weight is 989 g/mol. The second-order valence-electron chi connectivity index (χ2n) is 17.6. The van der Waals surface area contributed by atoms with E-state index >= 15 is 0 Å². The zero-order chi connectivity index (χ0) is 47.5. The van der Waals surface area contributed by atoms with Gasteiger partial charge in [0.15, 0.2) is 35.4 Å². The minimum Gasteiger partial charge on any atom is -0.394 e. The fraction of sp³-hybridized carbons (Fsp3) is 0.950. The van der Waals surface area contributed by atoms with Gasteiger partial charge in [-0.05, 0) is 50.1 Å². The van der Waals surface area contributed by atoms with Gasteiger partial charge in [-0.3, -0.25) is 4.90 Å². The van der Waals surface area contributed by atoms with Gasteiger partial charge in [0.2, 0.25) is 0 Å². The lowest BCUT2D eigenvalue weighted by Gasteiger charge is -2.47. The minimum absolute atomic E-state index is 0.136. The molecular formula is C40H72N6O18S2. The number of nitrogens with one attached hydrogen (secondary N) is 4. The van der Waals surface area contributed by atoms with Gasteiger partial charge in [-0.15, -0.1) is 0 Å². The Morgan fingerprint density at radius 2 is 0.879 bits per heavy atom. The molecule has 0 saturated carbocycles. The number of thiocarbonyl (C=S) groups is 2. The Bertz CT molecular complexity index is 1390. The van der Waals surface area contributed by atoms with Crippen LogP contribution in [0.2, 0.25) is 0 Å². The second kappa shape index (κ2) is 26.1. The van der Waals surface area contributed by atoms with E-state index in [9.17, 15) is 51.1 Å². The largest absolute Gasteiger partial charge is 0.394 e. The summed E-state index contributed by atoms with van der Waals surface area (Å²) in [5, 5.41) is 121. The molecule has 12 heterocycles. The van der Waals surface area contributed by atoms with Crippen LogP contribution in [0.3, 0.4) is 0 Å². The molecule has 16 N–H and O–H groups in total. The minimum atomic E-state index is -1.54. The molecule has 12 saturated heterocycles. The number of ether oxygens (including phenoxy) is 8. The summed E-state index contributed by atoms with van der Waals surface area (Å²) in [6.45, 7) is 2.44. The van der Waals surface area contributed by atoms with Gasteiger partial charge in [-0.1, -0.05) is 12.8 Å². The highest BCUT2D eigenvalue weighted by atomic mass is 32.1. The van der Waals surface area contributed by atoms with Gasteiger partial charge in [-0.25, -0.2) is 0 Å². The topological polar surface area (TPSA) is 354 Å². The van der Waals surface area contributed by atoms with Gasteiger partial charge in [0.05, 0.1) is 37.6 Å². The Morgan fingerprint density at radius 1 is 0.485 bits per heavy atom. The third-order valence-corrected chi connectivity index (χ3v) is 13.7. The van der Waals surface area contributed by atoms with Crippen LogP contribution in [-0.4, -0.2) is 256 Å². The fourth-order valence-electron chi connectivity index (χ4n) is 9.39. The zero-order valence-electron chi connectivity index (χ0n) is 36.9. The SMILES string of the molecule is NCCN(CCNC(=S)NCC1O[C@@H]2OC3C(CO)O[C@H](OCCCCC1[C@H](O)C2O)C(O)[C@H]3O)CCNC(=S)NCC1O[C@@H]2OC3C(CO)O[C@H](OCCCCC1[C@H](O)C2O)C(O)[C@H]3O. The smallest absolute Gasteiger partial charge is 0.186 e. The van der Waals surface area contributed by atoms with Crippen LogP contribution in [0.25, 0.3) is 0 Å². The summed E-state index contributed by atoms with van der Waals surface area (Å²) in [5.41, 5.74) is 5.92. The van der Waals surface area contributed by atoms with Crippen molar-refractivity contribution in [1.29, 1.82) is 0 Å². The Kier molecular flexibility index (Phi) is 21.4. The molecule has 0 aromatic carbocycles. The van der Waals surface area contributed by atoms with E-state index in [0.717, 1.165) is 0 Å². The molecule has 382 valence electrons. The van der Waals surface area contributed by atoms with E-state index in [2.05, 4.69) is 26.2 Å². The maximum atomic E-state index is 11.2. The highest BCUT2D eigenvalue weighted by Gasteiger charge is 2.53. The first-order chi connectivity index (χ1) is 31.8. The Morgan fingerprint density at radius 3 is 1.27 bits per heavy atom. The molecule has 20 atom stereocenters. The van der Waals surface area contributed by atoms with Gasteiger partial charge >= 0.3 is 0 Å². The molecule has 0 aromatic heterocycles. The van der Waals surface area contributed by atoms with Gasteiger partial charge in [0.1, 0.15) is 61.0 Å². The van der Waals surface area contributed by atoms with Crippen molar-refractivity contribution in [2.24, 2.45) is 17.6 Å². The molecule has 66 heavy (non-hydrogen) atoms. The van der Waals surface area contributed by atoms with E-state index in [1.807, 2.05) is 0 Å². The van der Waals surface area contributed by atoms with Crippen molar-refractivity contribution in [2.45, 2.75) is 149 Å². The van der Waals surface area contributed by atoms with Crippen molar-refractivity contribution in [3.8, 4) is 0 Å². The fourth-order valence-corrected chi connectivity index (χ4v) is 9.76. The van der Waals surface area contributed by atoms with Crippen LogP contribution in [0.15, 0.2) is 0 Å². The molecule has 12 rings (SSSR count). The summed E-state index contributed by atoms with van der Waals surface area (Å²) < 4.78 is 46.8. The molecule has 12 aliphatic heterocycles. The van der Waals surface area contributed by atoms with Crippen molar-refractivity contribution >= 4 is 34.7 Å². The van der Waals surface area contributed by atoms with Crippen LogP contribution in [0.1, 0.15) is 38.5 Å². The molecule has 12 unspecified atom stereocenters. The molecule has 12 aliphatic rings. The number of aliphatic hydroxyl groups is 10. The first-order valence-electron chi connectivity index (χ1n) is 23.0. The van der Waals surface area contributed by atoms with E-state index in [1.54, 1.807) is 0 Å². The third kappa shape index (κ3) is 13.7. The first-order valence-corrected chi connectivity index (χ1v) is 23.9. The summed E-state index contributed by atoms with van der Waals surface area (Å²) in [4.78, 5) is 2.10. The second-order valence-corrected chi connectivity index (χ2v) is 18.4. The molecule has 0 amide bonds. The van der Waals surface area contributed by atoms with E-state index in [1.165, 1.54) is 0 Å². The summed E-state index contributed by atoms with van der Waals surface area (Å²) >= 11 is 11.1. The van der Waals surface area contributed by atoms with Crippen molar-refractivity contribution in [1.82, 2.24) is 26.2 Å². The summed E-state index contributed by atoms with van der Waals surface area (Å²) in [5.74, 6) is -1.02. The molecule has 12 fully saturated rings. The molecule has 24 nitrogen and oxygen atoms in total. The highest BCUT2D eigenvalue weighted by Crippen LogP contribution is 2.36. The van der Waals surface area contributed by atoms with Gasteiger partial charge < -0.3 is 116 Å². The first kappa shape index (κ1) is 53.9. The monoisotopic (exact) mass is 988 g/mol. The molecule has 0 aromatic rings. The van der Waals surface area contributed by atoms with E-state index in [-0.39, 0.29) is 26.3 Å². The standard InChI is InChI=1S/C40H72N6O18S2/c41-7-10-46(11-8-42-39(65)44-15-21-19-5-1-3-13-57-35-31(55)27(51)33(23(17-47)61-35)63-37(59-21)29(53)25(19)49)12-9-43-40(66)45-16-22-20-6-2-4-14-58-36-32(56)28(52)34(24(18-48)62-36)64-38(60-22)30(54)26(20)50/h19-38,47-56H,1-18,41H2,(H2,42,44,65)(H2,43,45,66)/t19?,20?,21?,22?,23?,24?,25-,26-,27+,28+,29?,30?,31?,32?,33?,34?,35-,36-,37+,38+/m0/s1. The molecule has 8 bridgehead atoms. The summed E-state index contributed by atoms with van der Waals surface area (Å²) in [7, 11) is 0. The van der Waals surface area contributed by atoms with Crippen LogP contribution in [0.5, 0.6) is 0 Å². The predicted molar refractivity (Wildman–Crippen MR) is 236 cm³/mol. The van der Waals surface area contributed by atoms with Crippen molar-refractivity contribution < 1.29 is 89.0 Å². The van der Waals surface area contributed by atoms with Gasteiger partial charge in [0.25, 0.3) is 0 Å². The summed E-state index contributed by atoms with van der Waals surface area (Å²) in [6.07, 6.45) is -19.8. The number of hydrogen-bond acceptors (Lipinski definition) is 22. The molecule has 0 spiro atoms. The maximum absolute atomic E-state index is 11.2. The molecular weight excluding hydrogens is 917 g/mol. The van der Waals surface area contributed by atoms with Crippen LogP contribution < -0.4 is 27.0 Å². The van der Waals surface area contributed by atoms with E-state index < -0.39 is 136 Å². The third-order valence-electron chi connectivity index (χ3n) is 13.2. The molecule has 26 heteroatoms. The maximum Gasteiger partial charge on any atom is 0.186 e. The van der Waals surface area contributed by atoms with Crippen LogP contribution in [0.4, 0.5) is 0 Å². The Hall–Kier alpha value is -1.42. The Balaban J connectivity index is 0.953. The molecule has 0 radical (unpaired) electrons.